The molecular formula is C8H10N2O4. The molecule has 0 radical (unpaired) electrons. The number of carboxylic acids is 1. The van der Waals surface area contributed by atoms with Gasteiger partial charge in [-0.3, -0.25) is 9.59 Å². The van der Waals surface area contributed by atoms with E-state index in [9.17, 15) is 9.59 Å². The van der Waals surface area contributed by atoms with E-state index < -0.39 is 11.9 Å². The van der Waals surface area contributed by atoms with Gasteiger partial charge in [0.15, 0.2) is 11.6 Å². The molecule has 0 unspecified atom stereocenters. The van der Waals surface area contributed by atoms with Crippen molar-refractivity contribution in [2.45, 2.75) is 6.42 Å². The number of carboxylic acid groups (broad SMARTS) is 1. The first-order valence-electron chi connectivity index (χ1n) is 3.95. The van der Waals surface area contributed by atoms with Crippen molar-refractivity contribution in [1.29, 1.82) is 0 Å². The van der Waals surface area contributed by atoms with Crippen LogP contribution in [0.3, 0.4) is 0 Å². The summed E-state index contributed by atoms with van der Waals surface area (Å²) in [7, 11) is 0. The Morgan fingerprint density at radius 2 is 2.21 bits per heavy atom. The monoisotopic (exact) mass is 198 g/mol. The van der Waals surface area contributed by atoms with Crippen molar-refractivity contribution in [2.24, 2.45) is 0 Å². The molecule has 1 amide bonds. The van der Waals surface area contributed by atoms with E-state index in [2.05, 4.69) is 5.32 Å². The summed E-state index contributed by atoms with van der Waals surface area (Å²) in [6, 6.07) is 2.87. The summed E-state index contributed by atoms with van der Waals surface area (Å²) in [5.41, 5.74) is 5.25. The number of furan rings is 1. The number of rotatable bonds is 4. The maximum absolute atomic E-state index is 11.2. The molecule has 0 aliphatic heterocycles. The van der Waals surface area contributed by atoms with Gasteiger partial charge >= 0.3 is 5.97 Å². The quantitative estimate of drug-likeness (QED) is 0.634. The SMILES string of the molecule is Nc1ccc(C(=O)NCCC(=O)O)o1. The Kier molecular flexibility index (Phi) is 3.11. The number of nitrogens with two attached hydrogens (primary N) is 1. The second-order valence-corrected chi connectivity index (χ2v) is 2.60. The zero-order valence-corrected chi connectivity index (χ0v) is 7.32. The van der Waals surface area contributed by atoms with E-state index in [-0.39, 0.29) is 24.6 Å². The number of nitrogen functional groups attached to an aromatic ring is 1. The Hall–Kier alpha value is -1.98. The van der Waals surface area contributed by atoms with Gasteiger partial charge in [0.05, 0.1) is 6.42 Å². The molecular weight excluding hydrogens is 188 g/mol. The number of hydrogen-bond donors (Lipinski definition) is 3. The third-order valence-corrected chi connectivity index (χ3v) is 1.47. The van der Waals surface area contributed by atoms with Crippen LogP contribution in [-0.2, 0) is 4.79 Å². The molecule has 6 nitrogen and oxygen atoms in total. The number of nitrogens with one attached hydrogen (secondary N) is 1. The van der Waals surface area contributed by atoms with Crippen molar-refractivity contribution in [3.05, 3.63) is 17.9 Å². The Morgan fingerprint density at radius 3 is 2.71 bits per heavy atom. The summed E-state index contributed by atoms with van der Waals surface area (Å²) in [6.07, 6.45) is -0.123. The van der Waals surface area contributed by atoms with Crippen LogP contribution < -0.4 is 11.1 Å². The molecule has 0 bridgehead atoms. The molecule has 76 valence electrons. The van der Waals surface area contributed by atoms with Gasteiger partial charge in [-0.2, -0.15) is 0 Å². The molecule has 0 saturated carbocycles. The van der Waals surface area contributed by atoms with Crippen LogP contribution in [0.4, 0.5) is 5.88 Å². The predicted octanol–water partition coefficient (Wildman–Crippen LogP) is 0.0663. The largest absolute Gasteiger partial charge is 0.481 e. The average Bonchev–Trinajstić information content (AvgIpc) is 2.51. The van der Waals surface area contributed by atoms with Crippen LogP contribution in [0.2, 0.25) is 0 Å². The number of carbonyl (C=O) groups excluding carboxylic acids is 1. The highest BCUT2D eigenvalue weighted by molar-refractivity contribution is 5.91. The van der Waals surface area contributed by atoms with Crippen molar-refractivity contribution < 1.29 is 19.1 Å². The van der Waals surface area contributed by atoms with Crippen molar-refractivity contribution in [2.75, 3.05) is 12.3 Å². The Morgan fingerprint density at radius 1 is 1.50 bits per heavy atom. The summed E-state index contributed by atoms with van der Waals surface area (Å²) in [5, 5.41) is 10.7. The molecule has 1 heterocycles. The van der Waals surface area contributed by atoms with E-state index in [0.717, 1.165) is 0 Å². The molecule has 0 spiro atoms. The van der Waals surface area contributed by atoms with Crippen molar-refractivity contribution >= 4 is 17.8 Å². The Labute approximate surface area is 79.7 Å². The normalized spacial score (nSPS) is 9.71. The second-order valence-electron chi connectivity index (χ2n) is 2.60. The van der Waals surface area contributed by atoms with Crippen molar-refractivity contribution in [3.8, 4) is 0 Å². The molecule has 1 rings (SSSR count). The van der Waals surface area contributed by atoms with E-state index in [1.165, 1.54) is 12.1 Å². The van der Waals surface area contributed by atoms with E-state index in [4.69, 9.17) is 15.3 Å². The lowest BCUT2D eigenvalue weighted by Gasteiger charge is -1.99. The number of amides is 1. The van der Waals surface area contributed by atoms with Crippen LogP contribution in [0.5, 0.6) is 0 Å². The first-order valence-corrected chi connectivity index (χ1v) is 3.95. The molecule has 1 aromatic rings. The van der Waals surface area contributed by atoms with Crippen LogP contribution >= 0.6 is 0 Å². The number of anilines is 1. The lowest BCUT2D eigenvalue weighted by atomic mass is 10.4. The smallest absolute Gasteiger partial charge is 0.305 e. The minimum atomic E-state index is -0.968. The Balaban J connectivity index is 2.39. The fourth-order valence-electron chi connectivity index (χ4n) is 0.845. The molecule has 4 N–H and O–H groups in total. The fourth-order valence-corrected chi connectivity index (χ4v) is 0.845. The van der Waals surface area contributed by atoms with Gasteiger partial charge in [0.25, 0.3) is 5.91 Å². The van der Waals surface area contributed by atoms with Gasteiger partial charge in [-0.1, -0.05) is 0 Å². The van der Waals surface area contributed by atoms with Gasteiger partial charge in [0.1, 0.15) is 0 Å². The minimum Gasteiger partial charge on any atom is -0.481 e. The first kappa shape index (κ1) is 10.1. The van der Waals surface area contributed by atoms with Gasteiger partial charge in [-0.25, -0.2) is 0 Å². The highest BCUT2D eigenvalue weighted by Gasteiger charge is 2.09. The van der Waals surface area contributed by atoms with E-state index in [1.807, 2.05) is 0 Å². The number of aliphatic carboxylic acids is 1. The fraction of sp³-hybridized carbons (Fsp3) is 0.250. The van der Waals surface area contributed by atoms with Crippen LogP contribution in [0, 0.1) is 0 Å². The molecule has 6 heteroatoms. The van der Waals surface area contributed by atoms with E-state index in [1.54, 1.807) is 0 Å². The number of hydrogen-bond acceptors (Lipinski definition) is 4. The lowest BCUT2D eigenvalue weighted by molar-refractivity contribution is -0.136. The lowest BCUT2D eigenvalue weighted by Crippen LogP contribution is -2.25. The van der Waals surface area contributed by atoms with Gasteiger partial charge in [-0.15, -0.1) is 0 Å². The molecule has 1 aromatic heterocycles. The number of carbonyl (C=O) groups is 2. The van der Waals surface area contributed by atoms with E-state index >= 15 is 0 Å². The molecule has 0 aliphatic rings. The van der Waals surface area contributed by atoms with Crippen LogP contribution in [0.25, 0.3) is 0 Å². The minimum absolute atomic E-state index is 0.0643. The molecule has 0 aliphatic carbocycles. The van der Waals surface area contributed by atoms with Crippen LogP contribution in [0.1, 0.15) is 17.0 Å². The topological polar surface area (TPSA) is 106 Å². The van der Waals surface area contributed by atoms with Crippen molar-refractivity contribution in [3.63, 3.8) is 0 Å². The highest BCUT2D eigenvalue weighted by atomic mass is 16.4. The van der Waals surface area contributed by atoms with Gasteiger partial charge in [-0.05, 0) is 6.07 Å². The summed E-state index contributed by atoms with van der Waals surface area (Å²) >= 11 is 0. The molecule has 14 heavy (non-hydrogen) atoms. The molecule has 0 aromatic carbocycles. The highest BCUT2D eigenvalue weighted by Crippen LogP contribution is 2.08. The molecule has 0 atom stereocenters. The molecule has 0 fully saturated rings. The zero-order valence-electron chi connectivity index (χ0n) is 7.32. The maximum atomic E-state index is 11.2. The standard InChI is InChI=1S/C8H10N2O4/c9-6-2-1-5(14-6)8(13)10-4-3-7(11)12/h1-2H,3-4,9H2,(H,10,13)(H,11,12). The second kappa shape index (κ2) is 4.31. The third-order valence-electron chi connectivity index (χ3n) is 1.47. The van der Waals surface area contributed by atoms with Gasteiger partial charge in [0, 0.05) is 12.6 Å². The molecule has 0 saturated heterocycles. The summed E-state index contributed by atoms with van der Waals surface area (Å²) in [4.78, 5) is 21.3. The first-order chi connectivity index (χ1) is 6.59. The average molecular weight is 198 g/mol. The zero-order chi connectivity index (χ0) is 10.6. The summed E-state index contributed by atoms with van der Waals surface area (Å²) in [6.45, 7) is 0.0643. The van der Waals surface area contributed by atoms with Gasteiger partial charge in [0.2, 0.25) is 0 Å². The summed E-state index contributed by atoms with van der Waals surface area (Å²) in [5.74, 6) is -1.21. The summed E-state index contributed by atoms with van der Waals surface area (Å²) < 4.78 is 4.82. The third kappa shape index (κ3) is 2.81. The Bertz CT molecular complexity index is 345. The predicted molar refractivity (Wildman–Crippen MR) is 47.7 cm³/mol. The maximum Gasteiger partial charge on any atom is 0.305 e. The van der Waals surface area contributed by atoms with Gasteiger partial charge < -0.3 is 20.6 Å². The van der Waals surface area contributed by atoms with Crippen LogP contribution in [0.15, 0.2) is 16.5 Å². The van der Waals surface area contributed by atoms with E-state index in [0.29, 0.717) is 0 Å². The van der Waals surface area contributed by atoms with Crippen molar-refractivity contribution in [1.82, 2.24) is 5.32 Å². The van der Waals surface area contributed by atoms with Crippen LogP contribution in [-0.4, -0.2) is 23.5 Å².